The Balaban J connectivity index is 1.94. The molecule has 0 spiro atoms. The van der Waals surface area contributed by atoms with Crippen molar-refractivity contribution >= 4 is 10.0 Å². The van der Waals surface area contributed by atoms with E-state index < -0.39 is 10.0 Å². The Hall–Kier alpha value is -1.65. The van der Waals surface area contributed by atoms with Gasteiger partial charge in [0, 0.05) is 12.6 Å². The minimum absolute atomic E-state index is 0.0292. The van der Waals surface area contributed by atoms with Crippen LogP contribution >= 0.6 is 0 Å². The monoisotopic (exact) mass is 329 g/mol. The van der Waals surface area contributed by atoms with Crippen molar-refractivity contribution < 1.29 is 8.42 Å². The van der Waals surface area contributed by atoms with Gasteiger partial charge in [-0.2, -0.15) is 4.31 Å². The summed E-state index contributed by atoms with van der Waals surface area (Å²) in [5, 5.41) is 0. The summed E-state index contributed by atoms with van der Waals surface area (Å²) in [6, 6.07) is 17.0. The molecule has 0 unspecified atom stereocenters. The molecule has 2 aromatic rings. The fourth-order valence-electron chi connectivity index (χ4n) is 2.87. The van der Waals surface area contributed by atoms with Crippen LogP contribution in [0.3, 0.4) is 0 Å². The van der Waals surface area contributed by atoms with Crippen LogP contribution in [0.15, 0.2) is 59.5 Å². The van der Waals surface area contributed by atoms with E-state index >= 15 is 0 Å². The molecule has 0 aliphatic heterocycles. The van der Waals surface area contributed by atoms with Crippen molar-refractivity contribution in [3.05, 3.63) is 65.7 Å². The van der Waals surface area contributed by atoms with Gasteiger partial charge < -0.3 is 0 Å². The largest absolute Gasteiger partial charge is 0.243 e. The molecule has 4 heteroatoms. The van der Waals surface area contributed by atoms with E-state index in [1.165, 1.54) is 0 Å². The first-order chi connectivity index (χ1) is 11.0. The lowest BCUT2D eigenvalue weighted by atomic mass is 10.2. The summed E-state index contributed by atoms with van der Waals surface area (Å²) >= 11 is 0. The van der Waals surface area contributed by atoms with Crippen LogP contribution < -0.4 is 0 Å². The van der Waals surface area contributed by atoms with Gasteiger partial charge in [-0.05, 0) is 50.3 Å². The fourth-order valence-corrected chi connectivity index (χ4v) is 4.55. The minimum atomic E-state index is -3.49. The number of nitrogens with zero attached hydrogens (tertiary/aromatic N) is 1. The van der Waals surface area contributed by atoms with Crippen LogP contribution in [-0.4, -0.2) is 18.8 Å². The summed E-state index contributed by atoms with van der Waals surface area (Å²) in [5.74, 6) is 0.485. The van der Waals surface area contributed by atoms with E-state index in [9.17, 15) is 8.42 Å². The highest BCUT2D eigenvalue weighted by molar-refractivity contribution is 7.89. The average Bonchev–Trinajstić information content (AvgIpc) is 3.38. The van der Waals surface area contributed by atoms with Crippen LogP contribution in [0.5, 0.6) is 0 Å². The van der Waals surface area contributed by atoms with Crippen molar-refractivity contribution in [2.24, 2.45) is 5.92 Å². The number of rotatable bonds is 6. The van der Waals surface area contributed by atoms with Gasteiger partial charge in [0.05, 0.1) is 4.90 Å². The van der Waals surface area contributed by atoms with Crippen molar-refractivity contribution in [1.29, 1.82) is 0 Å². The maximum atomic E-state index is 13.1. The van der Waals surface area contributed by atoms with Gasteiger partial charge in [-0.1, -0.05) is 48.0 Å². The zero-order valence-corrected chi connectivity index (χ0v) is 14.5. The van der Waals surface area contributed by atoms with Crippen molar-refractivity contribution in [3.8, 4) is 0 Å². The molecule has 0 bridgehead atoms. The summed E-state index contributed by atoms with van der Waals surface area (Å²) in [6.45, 7) is 4.42. The van der Waals surface area contributed by atoms with E-state index in [4.69, 9.17) is 0 Å². The lowest BCUT2D eigenvalue weighted by Crippen LogP contribution is -2.39. The molecule has 0 radical (unpaired) electrons. The van der Waals surface area contributed by atoms with Crippen LogP contribution in [-0.2, 0) is 16.6 Å². The van der Waals surface area contributed by atoms with Gasteiger partial charge in [-0.15, -0.1) is 0 Å². The lowest BCUT2D eigenvalue weighted by Gasteiger charge is -2.28. The highest BCUT2D eigenvalue weighted by Crippen LogP contribution is 2.37. The Bertz CT molecular complexity index is 750. The molecule has 3 nitrogen and oxygen atoms in total. The second kappa shape index (κ2) is 6.46. The topological polar surface area (TPSA) is 37.4 Å². The second-order valence-electron chi connectivity index (χ2n) is 6.43. The molecule has 1 atom stereocenters. The molecular formula is C19H23NO2S. The molecular weight excluding hydrogens is 306 g/mol. The Kier molecular flexibility index (Phi) is 4.55. The summed E-state index contributed by atoms with van der Waals surface area (Å²) in [6.07, 6.45) is 2.24. The van der Waals surface area contributed by atoms with Gasteiger partial charge in [0.25, 0.3) is 0 Å². The number of sulfonamides is 1. The number of aryl methyl sites for hydroxylation is 1. The average molecular weight is 329 g/mol. The summed E-state index contributed by atoms with van der Waals surface area (Å²) in [7, 11) is -3.49. The zero-order chi connectivity index (χ0) is 16.4. The molecule has 2 aromatic carbocycles. The Morgan fingerprint density at radius 2 is 1.65 bits per heavy atom. The summed E-state index contributed by atoms with van der Waals surface area (Å²) in [5.41, 5.74) is 2.09. The van der Waals surface area contributed by atoms with Crippen molar-refractivity contribution in [1.82, 2.24) is 4.31 Å². The molecule has 1 aliphatic carbocycles. The fraction of sp³-hybridized carbons (Fsp3) is 0.368. The number of benzene rings is 2. The number of hydrogen-bond donors (Lipinski definition) is 0. The molecule has 23 heavy (non-hydrogen) atoms. The van der Waals surface area contributed by atoms with E-state index in [1.54, 1.807) is 16.4 Å². The summed E-state index contributed by atoms with van der Waals surface area (Å²) in [4.78, 5) is 0.381. The van der Waals surface area contributed by atoms with E-state index in [0.717, 1.165) is 24.0 Å². The van der Waals surface area contributed by atoms with E-state index in [-0.39, 0.29) is 6.04 Å². The number of hydrogen-bond acceptors (Lipinski definition) is 2. The predicted octanol–water partition coefficient (Wildman–Crippen LogP) is 3.98. The Morgan fingerprint density at radius 1 is 1.04 bits per heavy atom. The van der Waals surface area contributed by atoms with Crippen LogP contribution in [0.25, 0.3) is 0 Å². The van der Waals surface area contributed by atoms with E-state index in [2.05, 4.69) is 0 Å². The normalized spacial score (nSPS) is 16.5. The van der Waals surface area contributed by atoms with Crippen LogP contribution in [0, 0.1) is 12.8 Å². The maximum absolute atomic E-state index is 13.1. The van der Waals surface area contributed by atoms with Gasteiger partial charge in [0.1, 0.15) is 0 Å². The molecule has 0 N–H and O–H groups in total. The molecule has 0 heterocycles. The molecule has 0 aromatic heterocycles. The van der Waals surface area contributed by atoms with E-state index in [1.807, 2.05) is 56.3 Å². The maximum Gasteiger partial charge on any atom is 0.243 e. The lowest BCUT2D eigenvalue weighted by molar-refractivity contribution is 0.303. The quantitative estimate of drug-likeness (QED) is 0.804. The van der Waals surface area contributed by atoms with Crippen LogP contribution in [0.1, 0.15) is 30.9 Å². The molecule has 0 saturated heterocycles. The van der Waals surface area contributed by atoms with Crippen LogP contribution in [0.4, 0.5) is 0 Å². The first-order valence-corrected chi connectivity index (χ1v) is 9.55. The van der Waals surface area contributed by atoms with Gasteiger partial charge in [-0.25, -0.2) is 8.42 Å². The Morgan fingerprint density at radius 3 is 2.22 bits per heavy atom. The molecule has 1 aliphatic rings. The standard InChI is InChI=1S/C19H23NO2S/c1-15-8-12-19(13-9-15)23(21,22)20(16(2)18-10-11-18)14-17-6-4-3-5-7-17/h3-9,12-13,16,18H,10-11,14H2,1-2H3/t16-/m0/s1. The van der Waals surface area contributed by atoms with Gasteiger partial charge in [0.2, 0.25) is 10.0 Å². The smallest absolute Gasteiger partial charge is 0.207 e. The Labute approximate surface area is 139 Å². The third-order valence-electron chi connectivity index (χ3n) is 4.57. The SMILES string of the molecule is Cc1ccc(S(=O)(=O)N(Cc2ccccc2)[C@@H](C)C2CC2)cc1. The molecule has 3 rings (SSSR count). The van der Waals surface area contributed by atoms with E-state index in [0.29, 0.717) is 17.4 Å². The van der Waals surface area contributed by atoms with Gasteiger partial charge in [0.15, 0.2) is 0 Å². The van der Waals surface area contributed by atoms with Gasteiger partial charge >= 0.3 is 0 Å². The molecule has 1 fully saturated rings. The second-order valence-corrected chi connectivity index (χ2v) is 8.32. The molecule has 0 amide bonds. The molecule has 1 saturated carbocycles. The summed E-state index contributed by atoms with van der Waals surface area (Å²) < 4.78 is 28.0. The van der Waals surface area contributed by atoms with Crippen LogP contribution in [0.2, 0.25) is 0 Å². The van der Waals surface area contributed by atoms with Crippen molar-refractivity contribution in [3.63, 3.8) is 0 Å². The zero-order valence-electron chi connectivity index (χ0n) is 13.6. The third kappa shape index (κ3) is 3.65. The van der Waals surface area contributed by atoms with Crippen molar-refractivity contribution in [2.75, 3.05) is 0 Å². The highest BCUT2D eigenvalue weighted by Gasteiger charge is 2.38. The predicted molar refractivity (Wildman–Crippen MR) is 92.5 cm³/mol. The third-order valence-corrected chi connectivity index (χ3v) is 6.51. The van der Waals surface area contributed by atoms with Gasteiger partial charge in [-0.3, -0.25) is 0 Å². The first-order valence-electron chi connectivity index (χ1n) is 8.11. The highest BCUT2D eigenvalue weighted by atomic mass is 32.2. The molecule has 122 valence electrons. The minimum Gasteiger partial charge on any atom is -0.207 e. The first kappa shape index (κ1) is 16.2. The van der Waals surface area contributed by atoms with Crippen molar-refractivity contribution in [2.45, 2.75) is 44.2 Å².